The molecule has 1 aromatic heterocycles. The molecule has 1 saturated heterocycles. The highest BCUT2D eigenvalue weighted by Crippen LogP contribution is 2.41. The summed E-state index contributed by atoms with van der Waals surface area (Å²) < 4.78 is 12.9. The molecule has 4 aromatic rings. The Morgan fingerprint density at radius 3 is 2.50 bits per heavy atom. The van der Waals surface area contributed by atoms with Crippen molar-refractivity contribution in [1.82, 2.24) is 4.90 Å². The van der Waals surface area contributed by atoms with Crippen LogP contribution in [0.2, 0.25) is 0 Å². The summed E-state index contributed by atoms with van der Waals surface area (Å²) >= 11 is 1.69. The maximum atomic E-state index is 10.5. The van der Waals surface area contributed by atoms with Gasteiger partial charge >= 0.3 is 0 Å². The Morgan fingerprint density at radius 2 is 1.68 bits per heavy atom. The number of piperidine rings is 1. The number of nitrogens with zero attached hydrogens (tertiary/aromatic N) is 1. The van der Waals surface area contributed by atoms with Crippen LogP contribution in [0.25, 0.3) is 20.5 Å². The number of phenolic OH excluding ortho intramolecular Hbond substituents is 2. The van der Waals surface area contributed by atoms with Crippen molar-refractivity contribution in [3.05, 3.63) is 66.7 Å². The number of thiophene rings is 1. The molecule has 0 unspecified atom stereocenters. The summed E-state index contributed by atoms with van der Waals surface area (Å²) in [6.45, 7) is 4.02. The van der Waals surface area contributed by atoms with Gasteiger partial charge in [-0.15, -0.1) is 11.3 Å². The zero-order valence-electron chi connectivity index (χ0n) is 19.1. The van der Waals surface area contributed by atoms with Gasteiger partial charge in [0.2, 0.25) is 0 Å². The summed E-state index contributed by atoms with van der Waals surface area (Å²) in [6, 6.07) is 20.6. The topological polar surface area (TPSA) is 62.2 Å². The van der Waals surface area contributed by atoms with Crippen LogP contribution >= 0.6 is 11.3 Å². The smallest absolute Gasteiger partial charge is 0.169 e. The number of rotatable bonds is 8. The van der Waals surface area contributed by atoms with Gasteiger partial charge in [-0.3, -0.25) is 0 Å². The highest BCUT2D eigenvalue weighted by Gasteiger charge is 2.13. The number of hydrogen-bond acceptors (Lipinski definition) is 6. The minimum absolute atomic E-state index is 0.0160. The van der Waals surface area contributed by atoms with Crippen molar-refractivity contribution in [3.8, 4) is 39.2 Å². The zero-order valence-corrected chi connectivity index (χ0v) is 19.9. The molecular formula is C28H29NO4S. The van der Waals surface area contributed by atoms with Crippen LogP contribution in [0.4, 0.5) is 0 Å². The van der Waals surface area contributed by atoms with E-state index in [1.807, 2.05) is 18.2 Å². The van der Waals surface area contributed by atoms with Gasteiger partial charge in [-0.2, -0.15) is 0 Å². The van der Waals surface area contributed by atoms with Crippen LogP contribution < -0.4 is 9.47 Å². The fraction of sp³-hybridized carbons (Fsp3) is 0.286. The first-order chi connectivity index (χ1) is 16.7. The van der Waals surface area contributed by atoms with Gasteiger partial charge in [0.25, 0.3) is 0 Å². The second-order valence-corrected chi connectivity index (χ2v) is 9.75. The van der Waals surface area contributed by atoms with Gasteiger partial charge in [-0.05, 0) is 85.8 Å². The number of ether oxygens (including phenoxy) is 2. The third kappa shape index (κ3) is 5.29. The Bertz CT molecular complexity index is 1230. The van der Waals surface area contributed by atoms with E-state index in [-0.39, 0.29) is 17.2 Å². The number of hydrogen-bond donors (Lipinski definition) is 2. The molecule has 5 rings (SSSR count). The van der Waals surface area contributed by atoms with Gasteiger partial charge in [-0.1, -0.05) is 24.6 Å². The maximum absolute atomic E-state index is 10.5. The number of aromatic hydroxyl groups is 2. The first kappa shape index (κ1) is 22.6. The molecule has 34 heavy (non-hydrogen) atoms. The lowest BCUT2D eigenvalue weighted by atomic mass is 10.1. The second kappa shape index (κ2) is 10.4. The van der Waals surface area contributed by atoms with Crippen molar-refractivity contribution < 1.29 is 19.7 Å². The van der Waals surface area contributed by atoms with E-state index in [9.17, 15) is 10.2 Å². The van der Waals surface area contributed by atoms with E-state index in [0.717, 1.165) is 23.4 Å². The Labute approximate surface area is 203 Å². The normalized spacial score (nSPS) is 14.4. The third-order valence-corrected chi connectivity index (χ3v) is 7.32. The van der Waals surface area contributed by atoms with Crippen molar-refractivity contribution in [2.24, 2.45) is 0 Å². The van der Waals surface area contributed by atoms with Crippen molar-refractivity contribution >= 4 is 21.4 Å². The molecule has 0 aliphatic carbocycles. The van der Waals surface area contributed by atoms with Gasteiger partial charge in [0, 0.05) is 22.2 Å². The molecule has 0 spiro atoms. The summed E-state index contributed by atoms with van der Waals surface area (Å²) in [5.41, 5.74) is 0.946. The summed E-state index contributed by atoms with van der Waals surface area (Å²) in [5, 5.41) is 22.0. The highest BCUT2D eigenvalue weighted by molar-refractivity contribution is 7.22. The number of fused-ring (bicyclic) bond motifs is 1. The van der Waals surface area contributed by atoms with E-state index < -0.39 is 0 Å². The summed E-state index contributed by atoms with van der Waals surface area (Å²) in [5.74, 6) is 1.15. The molecule has 2 heterocycles. The minimum Gasteiger partial charge on any atom is -0.504 e. The Hall–Kier alpha value is -3.22. The van der Waals surface area contributed by atoms with Crippen LogP contribution in [0.3, 0.4) is 0 Å². The van der Waals surface area contributed by atoms with E-state index in [0.29, 0.717) is 18.1 Å². The SMILES string of the molecule is Oc1cc(OCCCN2CCCCC2)ccc1Oc1cc(-c2cc3ccccc3s2)ccc1O. The van der Waals surface area contributed by atoms with Crippen molar-refractivity contribution in [1.29, 1.82) is 0 Å². The predicted octanol–water partition coefficient (Wildman–Crippen LogP) is 7.03. The molecule has 176 valence electrons. The lowest BCUT2D eigenvalue weighted by Crippen LogP contribution is -2.31. The fourth-order valence-electron chi connectivity index (χ4n) is 4.33. The third-order valence-electron chi connectivity index (χ3n) is 6.16. The quantitative estimate of drug-likeness (QED) is 0.268. The van der Waals surface area contributed by atoms with Crippen molar-refractivity contribution in [2.75, 3.05) is 26.2 Å². The van der Waals surface area contributed by atoms with E-state index in [1.165, 1.54) is 42.4 Å². The van der Waals surface area contributed by atoms with E-state index in [1.54, 1.807) is 41.7 Å². The lowest BCUT2D eigenvalue weighted by molar-refractivity contribution is 0.204. The number of likely N-dealkylation sites (tertiary alicyclic amines) is 1. The Balaban J connectivity index is 1.23. The van der Waals surface area contributed by atoms with E-state index in [2.05, 4.69) is 23.1 Å². The van der Waals surface area contributed by atoms with Gasteiger partial charge in [-0.25, -0.2) is 0 Å². The second-order valence-electron chi connectivity index (χ2n) is 8.67. The van der Waals surface area contributed by atoms with Crippen LogP contribution in [0, 0.1) is 0 Å². The van der Waals surface area contributed by atoms with E-state index >= 15 is 0 Å². The van der Waals surface area contributed by atoms with Crippen LogP contribution in [0.1, 0.15) is 25.7 Å². The number of benzene rings is 3. The molecule has 6 heteroatoms. The molecule has 1 aliphatic heterocycles. The van der Waals surface area contributed by atoms with Gasteiger partial charge in [0.1, 0.15) is 5.75 Å². The van der Waals surface area contributed by atoms with Crippen molar-refractivity contribution in [3.63, 3.8) is 0 Å². The fourth-order valence-corrected chi connectivity index (χ4v) is 5.39. The molecule has 1 fully saturated rings. The molecule has 2 N–H and O–H groups in total. The number of phenols is 2. The van der Waals surface area contributed by atoms with E-state index in [4.69, 9.17) is 9.47 Å². The molecular weight excluding hydrogens is 446 g/mol. The van der Waals surface area contributed by atoms with Crippen LogP contribution in [0.15, 0.2) is 66.7 Å². The molecule has 3 aromatic carbocycles. The highest BCUT2D eigenvalue weighted by atomic mass is 32.1. The first-order valence-corrected chi connectivity index (χ1v) is 12.7. The first-order valence-electron chi connectivity index (χ1n) is 11.8. The monoisotopic (exact) mass is 475 g/mol. The molecule has 1 aliphatic rings. The molecule has 5 nitrogen and oxygen atoms in total. The van der Waals surface area contributed by atoms with Gasteiger partial charge in [0.05, 0.1) is 6.61 Å². The summed E-state index contributed by atoms with van der Waals surface area (Å²) in [6.07, 6.45) is 4.88. The Morgan fingerprint density at radius 1 is 0.824 bits per heavy atom. The van der Waals surface area contributed by atoms with Crippen molar-refractivity contribution in [2.45, 2.75) is 25.7 Å². The minimum atomic E-state index is -0.0276. The summed E-state index contributed by atoms with van der Waals surface area (Å²) in [4.78, 5) is 3.57. The molecule has 0 amide bonds. The molecule has 0 atom stereocenters. The maximum Gasteiger partial charge on any atom is 0.169 e. The molecule has 0 saturated carbocycles. The Kier molecular flexibility index (Phi) is 6.88. The van der Waals surface area contributed by atoms with Gasteiger partial charge in [0.15, 0.2) is 23.0 Å². The predicted molar refractivity (Wildman–Crippen MR) is 138 cm³/mol. The average molecular weight is 476 g/mol. The van der Waals surface area contributed by atoms with Gasteiger partial charge < -0.3 is 24.6 Å². The van der Waals surface area contributed by atoms with Crippen LogP contribution in [0.5, 0.6) is 28.7 Å². The van der Waals surface area contributed by atoms with Crippen LogP contribution in [-0.4, -0.2) is 41.4 Å². The lowest BCUT2D eigenvalue weighted by Gasteiger charge is -2.26. The zero-order chi connectivity index (χ0) is 23.3. The standard InChI is InChI=1S/C28H29NO4S/c30-23-11-9-21(28-18-20-7-2-3-8-27(20)34-28)17-26(23)33-25-12-10-22(19-24(25)31)32-16-6-15-29-13-4-1-5-14-29/h2-3,7-12,17-19,30-31H,1,4-6,13-16H2. The molecule has 0 bridgehead atoms. The average Bonchev–Trinajstić information content (AvgIpc) is 3.30. The molecule has 0 radical (unpaired) electrons. The largest absolute Gasteiger partial charge is 0.504 e. The summed E-state index contributed by atoms with van der Waals surface area (Å²) in [7, 11) is 0. The van der Waals surface area contributed by atoms with Crippen LogP contribution in [-0.2, 0) is 0 Å².